The van der Waals surface area contributed by atoms with Gasteiger partial charge in [-0.05, 0) is 56.7 Å². The number of halogens is 2. The second-order valence-corrected chi connectivity index (χ2v) is 7.82. The lowest BCUT2D eigenvalue weighted by Gasteiger charge is -2.20. The van der Waals surface area contributed by atoms with Gasteiger partial charge in [-0.3, -0.25) is 4.79 Å². The molecule has 0 unspecified atom stereocenters. The number of hydrogen-bond acceptors (Lipinski definition) is 3. The van der Waals surface area contributed by atoms with Crippen molar-refractivity contribution in [2.75, 3.05) is 6.61 Å². The van der Waals surface area contributed by atoms with E-state index in [-0.39, 0.29) is 17.9 Å². The molecule has 0 heterocycles. The maximum Gasteiger partial charge on any atom is 0.277 e. The maximum atomic E-state index is 11.8. The fourth-order valence-corrected chi connectivity index (χ4v) is 2.61. The highest BCUT2D eigenvalue weighted by Crippen LogP contribution is 2.31. The smallest absolute Gasteiger partial charge is 0.277 e. The Morgan fingerprint density at radius 2 is 1.92 bits per heavy atom. The molecule has 25 heavy (non-hydrogen) atoms. The molecule has 0 atom stereocenters. The summed E-state index contributed by atoms with van der Waals surface area (Å²) in [6, 6.07) is 13.0. The van der Waals surface area contributed by atoms with E-state index in [2.05, 4.69) is 47.2 Å². The van der Waals surface area contributed by atoms with Crippen LogP contribution < -0.4 is 10.2 Å². The zero-order chi connectivity index (χ0) is 18.4. The second kappa shape index (κ2) is 8.50. The van der Waals surface area contributed by atoms with E-state index in [1.807, 2.05) is 30.3 Å². The van der Waals surface area contributed by atoms with Crippen LogP contribution in [0.1, 0.15) is 31.9 Å². The predicted octanol–water partition coefficient (Wildman–Crippen LogP) is 4.93. The molecule has 0 saturated heterocycles. The topological polar surface area (TPSA) is 50.7 Å². The molecule has 6 heteroatoms. The highest BCUT2D eigenvalue weighted by molar-refractivity contribution is 9.10. The van der Waals surface area contributed by atoms with Gasteiger partial charge in [-0.1, -0.05) is 50.6 Å². The third kappa shape index (κ3) is 6.18. The minimum Gasteiger partial charge on any atom is -0.483 e. The normalized spacial score (nSPS) is 11.6. The molecule has 0 spiro atoms. The molecular formula is C19H20BrClN2O2. The number of carbonyl (C=O) groups excluding carboxylic acids is 1. The summed E-state index contributed by atoms with van der Waals surface area (Å²) in [6.45, 7) is 6.30. The van der Waals surface area contributed by atoms with Crippen molar-refractivity contribution < 1.29 is 9.53 Å². The highest BCUT2D eigenvalue weighted by Gasteiger charge is 2.15. The number of amides is 1. The summed E-state index contributed by atoms with van der Waals surface area (Å²) in [5.41, 5.74) is 4.50. The Hall–Kier alpha value is -1.85. The minimum absolute atomic E-state index is 0.0504. The third-order valence-electron chi connectivity index (χ3n) is 3.43. The Bertz CT molecular complexity index is 768. The molecule has 1 N–H and O–H groups in total. The predicted molar refractivity (Wildman–Crippen MR) is 106 cm³/mol. The van der Waals surface area contributed by atoms with Crippen molar-refractivity contribution in [2.24, 2.45) is 5.10 Å². The van der Waals surface area contributed by atoms with Gasteiger partial charge in [0, 0.05) is 5.02 Å². The van der Waals surface area contributed by atoms with Crippen LogP contribution in [-0.4, -0.2) is 18.7 Å². The number of nitrogens with zero attached hydrogens (tertiary/aromatic N) is 1. The molecular weight excluding hydrogens is 404 g/mol. The SMILES string of the molecule is CC(C)(C)c1ccc(OCC(=O)NN=Cc2ccc(Cl)cc2)c(Br)c1. The van der Waals surface area contributed by atoms with E-state index in [1.54, 1.807) is 18.3 Å². The molecule has 0 saturated carbocycles. The van der Waals surface area contributed by atoms with E-state index in [0.29, 0.717) is 10.8 Å². The minimum atomic E-state index is -0.336. The van der Waals surface area contributed by atoms with Gasteiger partial charge in [-0.25, -0.2) is 5.43 Å². The largest absolute Gasteiger partial charge is 0.483 e. The van der Waals surface area contributed by atoms with Crippen LogP contribution in [0, 0.1) is 0 Å². The molecule has 0 aliphatic rings. The Labute approximate surface area is 161 Å². The van der Waals surface area contributed by atoms with Crippen molar-refractivity contribution in [2.45, 2.75) is 26.2 Å². The first-order valence-electron chi connectivity index (χ1n) is 7.76. The van der Waals surface area contributed by atoms with Gasteiger partial charge in [-0.15, -0.1) is 0 Å². The molecule has 0 aliphatic carbocycles. The van der Waals surface area contributed by atoms with Crippen LogP contribution in [0.5, 0.6) is 5.75 Å². The molecule has 0 radical (unpaired) electrons. The first-order valence-corrected chi connectivity index (χ1v) is 8.93. The lowest BCUT2D eigenvalue weighted by atomic mass is 9.87. The molecule has 0 fully saturated rings. The summed E-state index contributed by atoms with van der Waals surface area (Å²) in [5, 5.41) is 4.54. The fourth-order valence-electron chi connectivity index (χ4n) is 1.99. The molecule has 0 aliphatic heterocycles. The summed E-state index contributed by atoms with van der Waals surface area (Å²) in [7, 11) is 0. The van der Waals surface area contributed by atoms with Crippen LogP contribution in [0.3, 0.4) is 0 Å². The van der Waals surface area contributed by atoms with Gasteiger partial charge in [0.15, 0.2) is 6.61 Å². The van der Waals surface area contributed by atoms with E-state index in [9.17, 15) is 4.79 Å². The molecule has 0 aromatic heterocycles. The number of hydrogen-bond donors (Lipinski definition) is 1. The van der Waals surface area contributed by atoms with Crippen LogP contribution in [-0.2, 0) is 10.2 Å². The summed E-state index contributed by atoms with van der Waals surface area (Å²) < 4.78 is 6.35. The van der Waals surface area contributed by atoms with Crippen LogP contribution in [0.15, 0.2) is 52.0 Å². The molecule has 1 amide bonds. The first kappa shape index (κ1) is 19.5. The zero-order valence-electron chi connectivity index (χ0n) is 14.3. The summed E-state index contributed by atoms with van der Waals surface area (Å²) >= 11 is 9.29. The fraction of sp³-hybridized carbons (Fsp3) is 0.263. The number of ether oxygens (including phenoxy) is 1. The van der Waals surface area contributed by atoms with Gasteiger partial charge in [0.2, 0.25) is 0 Å². The number of benzene rings is 2. The average molecular weight is 424 g/mol. The van der Waals surface area contributed by atoms with Gasteiger partial charge < -0.3 is 4.74 Å². The molecule has 4 nitrogen and oxygen atoms in total. The maximum absolute atomic E-state index is 11.8. The van der Waals surface area contributed by atoms with Gasteiger partial charge in [0.25, 0.3) is 5.91 Å². The Balaban J connectivity index is 1.86. The van der Waals surface area contributed by atoms with Crippen LogP contribution in [0.25, 0.3) is 0 Å². The lowest BCUT2D eigenvalue weighted by molar-refractivity contribution is -0.123. The van der Waals surface area contributed by atoms with Crippen LogP contribution in [0.4, 0.5) is 0 Å². The number of nitrogens with one attached hydrogen (secondary N) is 1. The number of rotatable bonds is 5. The standard InChI is InChI=1S/C19H20BrClN2O2/c1-19(2,3)14-6-9-17(16(20)10-14)25-12-18(24)23-22-11-13-4-7-15(21)8-5-13/h4-11H,12H2,1-3H3,(H,23,24). The van der Waals surface area contributed by atoms with E-state index in [4.69, 9.17) is 16.3 Å². The van der Waals surface area contributed by atoms with Crippen molar-refractivity contribution in [3.05, 3.63) is 63.1 Å². The Morgan fingerprint density at radius 3 is 2.52 bits per heavy atom. The van der Waals surface area contributed by atoms with Crippen molar-refractivity contribution in [1.82, 2.24) is 5.43 Å². The molecule has 2 aromatic carbocycles. The first-order chi connectivity index (χ1) is 11.8. The van der Waals surface area contributed by atoms with Crippen molar-refractivity contribution >= 4 is 39.7 Å². The average Bonchev–Trinajstić information content (AvgIpc) is 2.54. The summed E-state index contributed by atoms with van der Waals surface area (Å²) in [4.78, 5) is 11.8. The molecule has 0 bridgehead atoms. The van der Waals surface area contributed by atoms with E-state index in [0.717, 1.165) is 10.0 Å². The van der Waals surface area contributed by atoms with Crippen LogP contribution in [0.2, 0.25) is 5.02 Å². The number of hydrazone groups is 1. The quantitative estimate of drug-likeness (QED) is 0.547. The third-order valence-corrected chi connectivity index (χ3v) is 4.30. The zero-order valence-corrected chi connectivity index (χ0v) is 16.7. The molecule has 2 rings (SSSR count). The van der Waals surface area contributed by atoms with Gasteiger partial charge in [0.1, 0.15) is 5.75 Å². The van der Waals surface area contributed by atoms with Crippen molar-refractivity contribution in [3.8, 4) is 5.75 Å². The van der Waals surface area contributed by atoms with E-state index >= 15 is 0 Å². The Kier molecular flexibility index (Phi) is 6.62. The highest BCUT2D eigenvalue weighted by atomic mass is 79.9. The Morgan fingerprint density at radius 1 is 1.24 bits per heavy atom. The van der Waals surface area contributed by atoms with Gasteiger partial charge >= 0.3 is 0 Å². The lowest BCUT2D eigenvalue weighted by Crippen LogP contribution is -2.24. The van der Waals surface area contributed by atoms with Gasteiger partial charge in [-0.2, -0.15) is 5.10 Å². The van der Waals surface area contributed by atoms with Gasteiger partial charge in [0.05, 0.1) is 10.7 Å². The van der Waals surface area contributed by atoms with E-state index in [1.165, 1.54) is 5.56 Å². The van der Waals surface area contributed by atoms with Crippen molar-refractivity contribution in [1.29, 1.82) is 0 Å². The molecule has 2 aromatic rings. The second-order valence-electron chi connectivity index (χ2n) is 6.53. The number of carbonyl (C=O) groups is 1. The molecule has 132 valence electrons. The monoisotopic (exact) mass is 422 g/mol. The van der Waals surface area contributed by atoms with Crippen LogP contribution >= 0.6 is 27.5 Å². The summed E-state index contributed by atoms with van der Waals surface area (Å²) in [5.74, 6) is 0.279. The summed E-state index contributed by atoms with van der Waals surface area (Å²) in [6.07, 6.45) is 1.54. The van der Waals surface area contributed by atoms with E-state index < -0.39 is 0 Å². The van der Waals surface area contributed by atoms with Crippen molar-refractivity contribution in [3.63, 3.8) is 0 Å².